The third kappa shape index (κ3) is 4.04. The van der Waals surface area contributed by atoms with Gasteiger partial charge in [0.2, 0.25) is 5.90 Å². The number of benzene rings is 2. The monoisotopic (exact) mass is 477 g/mol. The second-order valence-corrected chi connectivity index (χ2v) is 6.73. The lowest BCUT2D eigenvalue weighted by molar-refractivity contribution is -0.137. The molecule has 1 aliphatic rings. The summed E-state index contributed by atoms with van der Waals surface area (Å²) >= 11 is 8.18. The van der Waals surface area contributed by atoms with Crippen molar-refractivity contribution in [3.8, 4) is 0 Å². The van der Waals surface area contributed by atoms with Crippen molar-refractivity contribution >= 4 is 52.1 Å². The van der Waals surface area contributed by atoms with Gasteiger partial charge in [-0.2, -0.15) is 13.2 Å². The van der Waals surface area contributed by atoms with Gasteiger partial charge in [0.05, 0.1) is 16.1 Å². The minimum Gasteiger partial charge on any atom is -0.402 e. The molecule has 3 rings (SSSR count). The molecule has 8 heteroatoms. The Morgan fingerprint density at radius 2 is 1.80 bits per heavy atom. The SMILES string of the molecule is O=C1OC(c2cc(I)ccc2Cl)=N/C1=C\c1ccc(C(F)(F)F)cc1. The highest BCUT2D eigenvalue weighted by molar-refractivity contribution is 14.1. The molecule has 0 saturated carbocycles. The highest BCUT2D eigenvalue weighted by Gasteiger charge is 2.30. The lowest BCUT2D eigenvalue weighted by Crippen LogP contribution is -2.06. The number of hydrogen-bond donors (Lipinski definition) is 0. The molecule has 0 N–H and O–H groups in total. The lowest BCUT2D eigenvalue weighted by Gasteiger charge is -2.05. The molecule has 25 heavy (non-hydrogen) atoms. The van der Waals surface area contributed by atoms with Crippen LogP contribution in [0.5, 0.6) is 0 Å². The highest BCUT2D eigenvalue weighted by atomic mass is 127. The Morgan fingerprint density at radius 3 is 2.44 bits per heavy atom. The van der Waals surface area contributed by atoms with Gasteiger partial charge in [0.25, 0.3) is 0 Å². The average Bonchev–Trinajstić information content (AvgIpc) is 2.90. The lowest BCUT2D eigenvalue weighted by atomic mass is 10.1. The summed E-state index contributed by atoms with van der Waals surface area (Å²) in [7, 11) is 0. The predicted molar refractivity (Wildman–Crippen MR) is 96.2 cm³/mol. The van der Waals surface area contributed by atoms with Crippen LogP contribution in [0.4, 0.5) is 13.2 Å². The summed E-state index contributed by atoms with van der Waals surface area (Å²) in [5.41, 5.74) is 0.0968. The van der Waals surface area contributed by atoms with E-state index in [-0.39, 0.29) is 11.6 Å². The Balaban J connectivity index is 1.92. The molecule has 0 bridgehead atoms. The van der Waals surface area contributed by atoms with E-state index in [9.17, 15) is 18.0 Å². The van der Waals surface area contributed by atoms with E-state index in [0.717, 1.165) is 15.7 Å². The number of nitrogens with zero attached hydrogens (tertiary/aromatic N) is 1. The molecule has 0 amide bonds. The van der Waals surface area contributed by atoms with Gasteiger partial charge in [0.1, 0.15) is 0 Å². The van der Waals surface area contributed by atoms with E-state index < -0.39 is 17.7 Å². The summed E-state index contributed by atoms with van der Waals surface area (Å²) in [5, 5.41) is 0.378. The van der Waals surface area contributed by atoms with Crippen LogP contribution >= 0.6 is 34.2 Å². The normalized spacial score (nSPS) is 16.1. The Hall–Kier alpha value is -1.87. The summed E-state index contributed by atoms with van der Waals surface area (Å²) in [6.45, 7) is 0. The number of carbonyl (C=O) groups is 1. The number of halogens is 5. The predicted octanol–water partition coefficient (Wildman–Crippen LogP) is 5.31. The minimum absolute atomic E-state index is 0.00955. The van der Waals surface area contributed by atoms with Crippen LogP contribution in [0.2, 0.25) is 5.02 Å². The third-order valence-corrected chi connectivity index (χ3v) is 4.32. The van der Waals surface area contributed by atoms with Crippen molar-refractivity contribution in [2.24, 2.45) is 4.99 Å². The van der Waals surface area contributed by atoms with E-state index in [1.54, 1.807) is 18.2 Å². The fraction of sp³-hybridized carbons (Fsp3) is 0.0588. The number of aliphatic imine (C=N–C) groups is 1. The number of esters is 1. The molecule has 0 aromatic heterocycles. The third-order valence-electron chi connectivity index (χ3n) is 3.32. The van der Waals surface area contributed by atoms with Gasteiger partial charge < -0.3 is 4.74 Å². The van der Waals surface area contributed by atoms with Crippen molar-refractivity contribution in [1.29, 1.82) is 0 Å². The van der Waals surface area contributed by atoms with Crippen LogP contribution in [0.3, 0.4) is 0 Å². The molecule has 0 saturated heterocycles. The molecular formula is C17H8ClF3INO2. The summed E-state index contributed by atoms with van der Waals surface area (Å²) in [5.74, 6) is -0.628. The van der Waals surface area contributed by atoms with Crippen LogP contribution in [-0.2, 0) is 15.7 Å². The molecule has 0 spiro atoms. The van der Waals surface area contributed by atoms with Gasteiger partial charge in [0.15, 0.2) is 5.70 Å². The van der Waals surface area contributed by atoms with Crippen molar-refractivity contribution in [2.75, 3.05) is 0 Å². The number of hydrogen-bond acceptors (Lipinski definition) is 3. The van der Waals surface area contributed by atoms with Gasteiger partial charge in [-0.3, -0.25) is 0 Å². The van der Waals surface area contributed by atoms with Crippen LogP contribution in [-0.4, -0.2) is 11.9 Å². The molecule has 0 aliphatic carbocycles. The minimum atomic E-state index is -4.41. The van der Waals surface area contributed by atoms with Gasteiger partial charge in [-0.05, 0) is 64.6 Å². The van der Waals surface area contributed by atoms with Crippen LogP contribution in [0.1, 0.15) is 16.7 Å². The maximum absolute atomic E-state index is 12.6. The number of cyclic esters (lactones) is 1. The summed E-state index contributed by atoms with van der Waals surface area (Å²) < 4.78 is 43.7. The van der Waals surface area contributed by atoms with E-state index in [1.165, 1.54) is 18.2 Å². The van der Waals surface area contributed by atoms with E-state index in [2.05, 4.69) is 27.6 Å². The topological polar surface area (TPSA) is 38.7 Å². The standard InChI is InChI=1S/C17H8ClF3INO2/c18-13-6-5-11(22)8-12(13)15-23-14(16(24)25-15)7-9-1-3-10(4-2-9)17(19,20)21/h1-8H/b14-7-. The molecule has 0 atom stereocenters. The molecule has 128 valence electrons. The molecule has 0 fully saturated rings. The molecule has 0 radical (unpaired) electrons. The zero-order chi connectivity index (χ0) is 18.2. The van der Waals surface area contributed by atoms with E-state index >= 15 is 0 Å². The fourth-order valence-electron chi connectivity index (χ4n) is 2.11. The molecule has 1 heterocycles. The van der Waals surface area contributed by atoms with Gasteiger partial charge >= 0.3 is 12.1 Å². The zero-order valence-corrected chi connectivity index (χ0v) is 15.2. The number of carbonyl (C=O) groups excluding carboxylic acids is 1. The van der Waals surface area contributed by atoms with Crippen molar-refractivity contribution < 1.29 is 22.7 Å². The van der Waals surface area contributed by atoms with Crippen molar-refractivity contribution in [3.63, 3.8) is 0 Å². The van der Waals surface area contributed by atoms with E-state index in [0.29, 0.717) is 16.1 Å². The number of rotatable bonds is 2. The molecule has 0 unspecified atom stereocenters. The number of alkyl halides is 3. The molecule has 2 aromatic rings. The smallest absolute Gasteiger partial charge is 0.402 e. The van der Waals surface area contributed by atoms with Crippen molar-refractivity contribution in [1.82, 2.24) is 0 Å². The summed E-state index contributed by atoms with van der Waals surface area (Å²) in [4.78, 5) is 16.1. The van der Waals surface area contributed by atoms with Gasteiger partial charge in [0, 0.05) is 3.57 Å². The van der Waals surface area contributed by atoms with E-state index in [1.807, 2.05) is 0 Å². The van der Waals surface area contributed by atoms with Gasteiger partial charge in [-0.25, -0.2) is 9.79 Å². The molecule has 2 aromatic carbocycles. The van der Waals surface area contributed by atoms with Crippen LogP contribution in [0.15, 0.2) is 53.2 Å². The summed E-state index contributed by atoms with van der Waals surface area (Å²) in [6.07, 6.45) is -3.05. The Kier molecular flexibility index (Phi) is 4.88. The maximum Gasteiger partial charge on any atom is 0.416 e. The quantitative estimate of drug-likeness (QED) is 0.334. The van der Waals surface area contributed by atoms with Gasteiger partial charge in [-0.1, -0.05) is 23.7 Å². The largest absolute Gasteiger partial charge is 0.416 e. The molecular weight excluding hydrogens is 470 g/mol. The second kappa shape index (κ2) is 6.80. The Morgan fingerprint density at radius 1 is 1.12 bits per heavy atom. The van der Waals surface area contributed by atoms with Crippen molar-refractivity contribution in [2.45, 2.75) is 6.18 Å². The first-order valence-electron chi connectivity index (χ1n) is 6.89. The Bertz CT molecular complexity index is 905. The maximum atomic E-state index is 12.6. The van der Waals surface area contributed by atoms with Crippen LogP contribution in [0.25, 0.3) is 6.08 Å². The highest BCUT2D eigenvalue weighted by Crippen LogP contribution is 2.30. The van der Waals surface area contributed by atoms with Crippen molar-refractivity contribution in [3.05, 3.63) is 73.4 Å². The first-order chi connectivity index (χ1) is 11.7. The summed E-state index contributed by atoms with van der Waals surface area (Å²) in [6, 6.07) is 9.57. The van der Waals surface area contributed by atoms with Gasteiger partial charge in [-0.15, -0.1) is 0 Å². The first kappa shape index (κ1) is 17.9. The van der Waals surface area contributed by atoms with Crippen LogP contribution in [0, 0.1) is 3.57 Å². The number of ether oxygens (including phenoxy) is 1. The molecule has 1 aliphatic heterocycles. The molecule has 3 nitrogen and oxygen atoms in total. The Labute approximate surface area is 159 Å². The first-order valence-corrected chi connectivity index (χ1v) is 8.35. The zero-order valence-electron chi connectivity index (χ0n) is 12.3. The average molecular weight is 478 g/mol. The fourth-order valence-corrected chi connectivity index (χ4v) is 2.80. The second-order valence-electron chi connectivity index (χ2n) is 5.08. The van der Waals surface area contributed by atoms with Crippen LogP contribution < -0.4 is 0 Å². The van der Waals surface area contributed by atoms with E-state index in [4.69, 9.17) is 16.3 Å².